The number of amides is 2. The highest BCUT2D eigenvalue weighted by atomic mass is 16.2. The van der Waals surface area contributed by atoms with E-state index >= 15 is 0 Å². The van der Waals surface area contributed by atoms with Crippen LogP contribution in [0.5, 0.6) is 0 Å². The van der Waals surface area contributed by atoms with E-state index < -0.39 is 6.04 Å². The number of rotatable bonds is 8. The molecular weight excluding hydrogens is 410 g/mol. The molecule has 1 saturated carbocycles. The largest absolute Gasteiger partial charge is 0.351 e. The van der Waals surface area contributed by atoms with Gasteiger partial charge in [-0.25, -0.2) is 0 Å². The molecule has 170 valence electrons. The number of carbonyl (C=O) groups is 2. The number of benzene rings is 2. The van der Waals surface area contributed by atoms with Crippen molar-refractivity contribution in [3.63, 3.8) is 0 Å². The van der Waals surface area contributed by atoms with Gasteiger partial charge in [-0.2, -0.15) is 0 Å². The van der Waals surface area contributed by atoms with Gasteiger partial charge in [0.15, 0.2) is 0 Å². The Balaban J connectivity index is 1.66. The number of pyridine rings is 1. The zero-order valence-corrected chi connectivity index (χ0v) is 18.9. The van der Waals surface area contributed by atoms with Crippen LogP contribution in [0, 0.1) is 0 Å². The molecule has 1 atom stereocenters. The van der Waals surface area contributed by atoms with Gasteiger partial charge in [-0.15, -0.1) is 0 Å². The summed E-state index contributed by atoms with van der Waals surface area (Å²) in [6, 6.07) is 24.4. The Morgan fingerprint density at radius 3 is 2.21 bits per heavy atom. The van der Waals surface area contributed by atoms with Crippen molar-refractivity contribution < 1.29 is 9.59 Å². The first-order valence-corrected chi connectivity index (χ1v) is 11.8. The second-order valence-electron chi connectivity index (χ2n) is 8.61. The molecule has 5 heteroatoms. The standard InChI is InChI=1S/C28H31N3O2/c32-27(30-24-16-8-3-9-17-24)26(23-14-6-2-7-15-23)31(21-19-22-12-4-1-5-13-22)28(33)25-18-10-11-20-29-25/h1-2,4-7,10-15,18,20,24,26H,3,8-9,16-17,19,21H2,(H,30,32). The lowest BCUT2D eigenvalue weighted by Crippen LogP contribution is -2.47. The van der Waals surface area contributed by atoms with Crippen LogP contribution in [0.4, 0.5) is 0 Å². The van der Waals surface area contributed by atoms with Gasteiger partial charge >= 0.3 is 0 Å². The molecule has 1 unspecified atom stereocenters. The van der Waals surface area contributed by atoms with E-state index in [0.29, 0.717) is 18.7 Å². The van der Waals surface area contributed by atoms with Crippen LogP contribution in [-0.2, 0) is 11.2 Å². The molecular formula is C28H31N3O2. The molecule has 0 radical (unpaired) electrons. The van der Waals surface area contributed by atoms with Gasteiger partial charge in [0.1, 0.15) is 11.7 Å². The Morgan fingerprint density at radius 1 is 0.879 bits per heavy atom. The number of hydrogen-bond donors (Lipinski definition) is 1. The molecule has 0 saturated heterocycles. The van der Waals surface area contributed by atoms with E-state index in [1.807, 2.05) is 60.7 Å². The van der Waals surface area contributed by atoms with Crippen LogP contribution in [0.25, 0.3) is 0 Å². The average molecular weight is 442 g/mol. The lowest BCUT2D eigenvalue weighted by molar-refractivity contribution is -0.126. The number of hydrogen-bond acceptors (Lipinski definition) is 3. The van der Waals surface area contributed by atoms with E-state index in [0.717, 1.165) is 36.8 Å². The highest BCUT2D eigenvalue weighted by molar-refractivity contribution is 5.96. The fourth-order valence-corrected chi connectivity index (χ4v) is 4.51. The summed E-state index contributed by atoms with van der Waals surface area (Å²) >= 11 is 0. The Morgan fingerprint density at radius 2 is 1.55 bits per heavy atom. The summed E-state index contributed by atoms with van der Waals surface area (Å²) in [5.74, 6) is -0.357. The van der Waals surface area contributed by atoms with Crippen LogP contribution in [0.2, 0.25) is 0 Å². The van der Waals surface area contributed by atoms with Gasteiger partial charge in [-0.1, -0.05) is 86.0 Å². The predicted octanol–water partition coefficient (Wildman–Crippen LogP) is 4.96. The van der Waals surface area contributed by atoms with Gasteiger partial charge in [0.2, 0.25) is 5.91 Å². The Hall–Kier alpha value is -3.47. The van der Waals surface area contributed by atoms with Crippen molar-refractivity contribution in [2.75, 3.05) is 6.54 Å². The molecule has 1 aliphatic carbocycles. The zero-order valence-electron chi connectivity index (χ0n) is 18.9. The molecule has 0 spiro atoms. The molecule has 33 heavy (non-hydrogen) atoms. The monoisotopic (exact) mass is 441 g/mol. The van der Waals surface area contributed by atoms with E-state index in [1.54, 1.807) is 29.3 Å². The topological polar surface area (TPSA) is 62.3 Å². The van der Waals surface area contributed by atoms with Crippen LogP contribution in [0.3, 0.4) is 0 Å². The first kappa shape index (κ1) is 22.7. The second-order valence-corrected chi connectivity index (χ2v) is 8.61. The van der Waals surface area contributed by atoms with Gasteiger partial charge in [0.25, 0.3) is 5.91 Å². The Labute approximate surface area is 195 Å². The summed E-state index contributed by atoms with van der Waals surface area (Å²) < 4.78 is 0. The van der Waals surface area contributed by atoms with Crippen molar-refractivity contribution in [3.05, 3.63) is 102 Å². The summed E-state index contributed by atoms with van der Waals surface area (Å²) in [5, 5.41) is 3.25. The van der Waals surface area contributed by atoms with E-state index in [4.69, 9.17) is 0 Å². The lowest BCUT2D eigenvalue weighted by atomic mass is 9.94. The maximum atomic E-state index is 13.7. The summed E-state index contributed by atoms with van der Waals surface area (Å²) in [7, 11) is 0. The number of nitrogens with one attached hydrogen (secondary N) is 1. The molecule has 3 aromatic rings. The molecule has 0 aliphatic heterocycles. The first-order valence-electron chi connectivity index (χ1n) is 11.8. The minimum atomic E-state index is -0.716. The van der Waals surface area contributed by atoms with Crippen molar-refractivity contribution >= 4 is 11.8 Å². The summed E-state index contributed by atoms with van der Waals surface area (Å²) in [5.41, 5.74) is 2.27. The van der Waals surface area contributed by atoms with Crippen LogP contribution in [-0.4, -0.2) is 34.3 Å². The van der Waals surface area contributed by atoms with Gasteiger partial charge in [0, 0.05) is 18.8 Å². The van der Waals surface area contributed by atoms with Gasteiger partial charge < -0.3 is 10.2 Å². The maximum absolute atomic E-state index is 13.7. The highest BCUT2D eigenvalue weighted by Crippen LogP contribution is 2.25. The van der Waals surface area contributed by atoms with Crippen molar-refractivity contribution in [2.45, 2.75) is 50.6 Å². The Kier molecular flexibility index (Phi) is 7.85. The normalized spacial score (nSPS) is 14.9. The first-order chi connectivity index (χ1) is 16.2. The van der Waals surface area contributed by atoms with E-state index in [-0.39, 0.29) is 17.9 Å². The number of aromatic nitrogens is 1. The molecule has 5 nitrogen and oxygen atoms in total. The molecule has 4 rings (SSSR count). The highest BCUT2D eigenvalue weighted by Gasteiger charge is 2.33. The Bertz CT molecular complexity index is 1020. The molecule has 1 heterocycles. The second kappa shape index (κ2) is 11.4. The van der Waals surface area contributed by atoms with Crippen molar-refractivity contribution in [3.8, 4) is 0 Å². The minimum Gasteiger partial charge on any atom is -0.351 e. The fraction of sp³-hybridized carbons (Fsp3) is 0.321. The fourth-order valence-electron chi connectivity index (χ4n) is 4.51. The van der Waals surface area contributed by atoms with Crippen molar-refractivity contribution in [1.29, 1.82) is 0 Å². The minimum absolute atomic E-state index is 0.120. The summed E-state index contributed by atoms with van der Waals surface area (Å²) in [6.45, 7) is 0.414. The molecule has 1 aliphatic rings. The quantitative estimate of drug-likeness (QED) is 0.538. The third-order valence-corrected chi connectivity index (χ3v) is 6.26. The molecule has 0 bridgehead atoms. The molecule has 1 fully saturated rings. The maximum Gasteiger partial charge on any atom is 0.273 e. The van der Waals surface area contributed by atoms with Gasteiger partial charge in [-0.3, -0.25) is 14.6 Å². The van der Waals surface area contributed by atoms with E-state index in [9.17, 15) is 9.59 Å². The van der Waals surface area contributed by atoms with Gasteiger partial charge in [0.05, 0.1) is 0 Å². The lowest BCUT2D eigenvalue weighted by Gasteiger charge is -2.33. The number of nitrogens with zero attached hydrogens (tertiary/aromatic N) is 2. The smallest absolute Gasteiger partial charge is 0.273 e. The third-order valence-electron chi connectivity index (χ3n) is 6.26. The van der Waals surface area contributed by atoms with Crippen molar-refractivity contribution in [1.82, 2.24) is 15.2 Å². The third kappa shape index (κ3) is 6.07. The number of carbonyl (C=O) groups excluding carboxylic acids is 2. The molecule has 2 amide bonds. The van der Waals surface area contributed by atoms with Gasteiger partial charge in [-0.05, 0) is 42.5 Å². The van der Waals surface area contributed by atoms with Crippen LogP contribution in [0.1, 0.15) is 59.8 Å². The summed E-state index contributed by atoms with van der Waals surface area (Å²) in [6.07, 6.45) is 7.73. The average Bonchev–Trinajstić information content (AvgIpc) is 2.88. The molecule has 2 aromatic carbocycles. The van der Waals surface area contributed by atoms with Crippen LogP contribution < -0.4 is 5.32 Å². The van der Waals surface area contributed by atoms with E-state index in [2.05, 4.69) is 10.3 Å². The van der Waals surface area contributed by atoms with Crippen LogP contribution >= 0.6 is 0 Å². The predicted molar refractivity (Wildman–Crippen MR) is 130 cm³/mol. The summed E-state index contributed by atoms with van der Waals surface area (Å²) in [4.78, 5) is 33.3. The molecule has 1 N–H and O–H groups in total. The molecule has 1 aromatic heterocycles. The zero-order chi connectivity index (χ0) is 22.9. The SMILES string of the molecule is O=C(NC1CCCCC1)C(c1ccccc1)N(CCc1ccccc1)C(=O)c1ccccn1. The van der Waals surface area contributed by atoms with E-state index in [1.165, 1.54) is 6.42 Å². The van der Waals surface area contributed by atoms with Crippen molar-refractivity contribution in [2.24, 2.45) is 0 Å². The van der Waals surface area contributed by atoms with Crippen LogP contribution in [0.15, 0.2) is 85.1 Å².